The highest BCUT2D eigenvalue weighted by atomic mass is 28.4. The molecule has 2 atom stereocenters. The Morgan fingerprint density at radius 3 is 2.31 bits per heavy atom. The molecule has 2 aliphatic rings. The van der Waals surface area contributed by atoms with Gasteiger partial charge in [0.1, 0.15) is 0 Å². The topological polar surface area (TPSA) is 45.5 Å². The molecule has 2 fully saturated rings. The van der Waals surface area contributed by atoms with Crippen LogP contribution in [0.25, 0.3) is 11.0 Å². The molecule has 2 aromatic rings. The highest BCUT2D eigenvalue weighted by Gasteiger charge is 2.51. The predicted molar refractivity (Wildman–Crippen MR) is 135 cm³/mol. The minimum atomic E-state index is -1.84. The van der Waals surface area contributed by atoms with Gasteiger partial charge >= 0.3 is 7.12 Å². The van der Waals surface area contributed by atoms with Gasteiger partial charge in [-0.2, -0.15) is 0 Å². The molecule has 0 amide bonds. The van der Waals surface area contributed by atoms with E-state index in [0.717, 1.165) is 23.8 Å². The lowest BCUT2D eigenvalue weighted by atomic mass is 9.79. The van der Waals surface area contributed by atoms with Gasteiger partial charge in [0.25, 0.3) is 0 Å². The number of hydrogen-bond donors (Lipinski definition) is 0. The molecule has 1 saturated carbocycles. The molecule has 5 nitrogen and oxygen atoms in total. The fourth-order valence-electron chi connectivity index (χ4n) is 4.53. The average molecular weight is 457 g/mol. The maximum Gasteiger partial charge on any atom is 0.494 e. The highest BCUT2D eigenvalue weighted by molar-refractivity contribution is 6.74. The van der Waals surface area contributed by atoms with E-state index in [-0.39, 0.29) is 29.5 Å². The van der Waals surface area contributed by atoms with Gasteiger partial charge in [0.05, 0.1) is 40.7 Å². The molecule has 0 radical (unpaired) electrons. The Bertz CT molecular complexity index is 963. The molecule has 0 spiro atoms. The number of benzene rings is 1. The van der Waals surface area contributed by atoms with E-state index in [1.807, 2.05) is 6.33 Å². The van der Waals surface area contributed by atoms with E-state index < -0.39 is 8.32 Å². The van der Waals surface area contributed by atoms with Gasteiger partial charge < -0.3 is 18.3 Å². The molecule has 0 unspecified atom stereocenters. The second-order valence-electron chi connectivity index (χ2n) is 12.3. The fourth-order valence-corrected chi connectivity index (χ4v) is 5.91. The third-order valence-electron chi connectivity index (χ3n) is 8.40. The van der Waals surface area contributed by atoms with Crippen LogP contribution in [0.3, 0.4) is 0 Å². The van der Waals surface area contributed by atoms with Crippen molar-refractivity contribution in [2.75, 3.05) is 0 Å². The van der Waals surface area contributed by atoms with E-state index in [0.29, 0.717) is 6.04 Å². The molecule has 1 aromatic carbocycles. The van der Waals surface area contributed by atoms with Crippen molar-refractivity contribution >= 4 is 31.9 Å². The zero-order chi connectivity index (χ0) is 23.5. The van der Waals surface area contributed by atoms with E-state index in [2.05, 4.69) is 84.3 Å². The van der Waals surface area contributed by atoms with Gasteiger partial charge in [-0.25, -0.2) is 4.98 Å². The van der Waals surface area contributed by atoms with E-state index in [1.54, 1.807) is 0 Å². The highest BCUT2D eigenvalue weighted by Crippen LogP contribution is 2.42. The van der Waals surface area contributed by atoms with Crippen LogP contribution in [0, 0.1) is 0 Å². The van der Waals surface area contributed by atoms with Crippen molar-refractivity contribution in [3.63, 3.8) is 0 Å². The molecule has 176 valence electrons. The van der Waals surface area contributed by atoms with E-state index in [4.69, 9.17) is 18.7 Å². The first kappa shape index (κ1) is 24.0. The van der Waals surface area contributed by atoms with Gasteiger partial charge in [-0.15, -0.1) is 0 Å². The molecule has 1 aliphatic carbocycles. The van der Waals surface area contributed by atoms with E-state index >= 15 is 0 Å². The third kappa shape index (κ3) is 4.22. The van der Waals surface area contributed by atoms with Gasteiger partial charge in [-0.05, 0) is 76.3 Å². The number of aromatic nitrogens is 2. The molecule has 1 aliphatic heterocycles. The largest absolute Gasteiger partial charge is 0.494 e. The molecule has 2 heterocycles. The summed E-state index contributed by atoms with van der Waals surface area (Å²) in [5.74, 6) is 0. The van der Waals surface area contributed by atoms with Crippen LogP contribution in [0.2, 0.25) is 18.1 Å². The lowest BCUT2D eigenvalue weighted by Gasteiger charge is -2.43. The first-order valence-corrected chi connectivity index (χ1v) is 15.1. The molecule has 7 heteroatoms. The van der Waals surface area contributed by atoms with Gasteiger partial charge in [-0.1, -0.05) is 39.7 Å². The monoisotopic (exact) mass is 456 g/mol. The predicted octanol–water partition coefficient (Wildman–Crippen LogP) is 5.84. The van der Waals surface area contributed by atoms with Gasteiger partial charge in [0.2, 0.25) is 0 Å². The van der Waals surface area contributed by atoms with E-state index in [1.165, 1.54) is 18.4 Å². The summed E-state index contributed by atoms with van der Waals surface area (Å²) in [6.45, 7) is 20.0. The zero-order valence-electron chi connectivity index (χ0n) is 21.5. The van der Waals surface area contributed by atoms with E-state index in [9.17, 15) is 0 Å². The standard InChI is InChI=1S/C25H41BN2O3Si/c1-23(2,3)32(8,9)29-22-13-11-10-12-21(22)28-17-27-19-16-18(14-15-20(19)28)26-30-24(4,5)25(6,7)31-26/h14-17,21-22H,10-13H2,1-9H3/t21-,22-/m1/s1. The summed E-state index contributed by atoms with van der Waals surface area (Å²) in [5.41, 5.74) is 2.50. The van der Waals surface area contributed by atoms with Gasteiger partial charge in [0, 0.05) is 0 Å². The normalized spacial score (nSPS) is 26.1. The third-order valence-corrected chi connectivity index (χ3v) is 12.9. The van der Waals surface area contributed by atoms with Crippen molar-refractivity contribution < 1.29 is 13.7 Å². The summed E-state index contributed by atoms with van der Waals surface area (Å²) in [7, 11) is -2.20. The Balaban J connectivity index is 1.61. The molecule has 0 bridgehead atoms. The molecule has 0 N–H and O–H groups in total. The van der Waals surface area contributed by atoms with Crippen LogP contribution in [0.1, 0.15) is 80.2 Å². The van der Waals surface area contributed by atoms with Crippen molar-refractivity contribution in [2.24, 2.45) is 0 Å². The first-order valence-electron chi connectivity index (χ1n) is 12.2. The summed E-state index contributed by atoms with van der Waals surface area (Å²) in [6, 6.07) is 6.78. The van der Waals surface area contributed by atoms with Gasteiger partial charge in [0.15, 0.2) is 8.32 Å². The van der Waals surface area contributed by atoms with Gasteiger partial charge in [-0.3, -0.25) is 0 Å². The van der Waals surface area contributed by atoms with Crippen LogP contribution < -0.4 is 5.46 Å². The van der Waals surface area contributed by atoms with Crippen LogP contribution in [0.5, 0.6) is 0 Å². The minimum absolute atomic E-state index is 0.212. The van der Waals surface area contributed by atoms with Crippen LogP contribution in [0.15, 0.2) is 24.5 Å². The maximum absolute atomic E-state index is 6.93. The van der Waals surface area contributed by atoms with Crippen LogP contribution >= 0.6 is 0 Å². The smallest absolute Gasteiger partial charge is 0.412 e. The molecular formula is C25H41BN2O3Si. The number of nitrogens with zero attached hydrogens (tertiary/aromatic N) is 2. The van der Waals surface area contributed by atoms with Crippen LogP contribution in [-0.4, -0.2) is 42.3 Å². The average Bonchev–Trinajstić information content (AvgIpc) is 3.18. The second kappa shape index (κ2) is 7.97. The summed E-state index contributed by atoms with van der Waals surface area (Å²) in [5, 5.41) is 0.212. The summed E-state index contributed by atoms with van der Waals surface area (Å²) in [6.07, 6.45) is 7.02. The first-order chi connectivity index (χ1) is 14.7. The zero-order valence-corrected chi connectivity index (χ0v) is 22.5. The molecular weight excluding hydrogens is 415 g/mol. The molecule has 1 saturated heterocycles. The number of fused-ring (bicyclic) bond motifs is 1. The van der Waals surface area contributed by atoms with Crippen molar-refractivity contribution in [2.45, 2.75) is 116 Å². The number of hydrogen-bond acceptors (Lipinski definition) is 4. The quantitative estimate of drug-likeness (QED) is 0.542. The van der Waals surface area contributed by atoms with Crippen molar-refractivity contribution in [3.8, 4) is 0 Å². The number of rotatable bonds is 4. The number of imidazole rings is 1. The van der Waals surface area contributed by atoms with Crippen LogP contribution in [0.4, 0.5) is 0 Å². The van der Waals surface area contributed by atoms with Crippen LogP contribution in [-0.2, 0) is 13.7 Å². The Hall–Kier alpha value is -1.15. The minimum Gasteiger partial charge on any atom is -0.412 e. The lowest BCUT2D eigenvalue weighted by molar-refractivity contribution is 0.00578. The molecule has 1 aromatic heterocycles. The van der Waals surface area contributed by atoms with Crippen molar-refractivity contribution in [1.29, 1.82) is 0 Å². The Kier molecular flexibility index (Phi) is 5.97. The summed E-state index contributed by atoms with van der Waals surface area (Å²) < 4.78 is 21.8. The van der Waals surface area contributed by atoms with Crippen molar-refractivity contribution in [3.05, 3.63) is 24.5 Å². The Morgan fingerprint density at radius 2 is 1.69 bits per heavy atom. The summed E-state index contributed by atoms with van der Waals surface area (Å²) >= 11 is 0. The SMILES string of the molecule is CC1(C)OB(c2ccc3c(c2)ncn3[C@@H]2CCCC[C@H]2O[Si](C)(C)C(C)(C)C)OC1(C)C. The fraction of sp³-hybridized carbons (Fsp3) is 0.720. The van der Waals surface area contributed by atoms with Crippen molar-refractivity contribution in [1.82, 2.24) is 9.55 Å². The maximum atomic E-state index is 6.93. The Morgan fingerprint density at radius 1 is 1.06 bits per heavy atom. The summed E-state index contributed by atoms with van der Waals surface area (Å²) in [4.78, 5) is 4.79. The molecule has 32 heavy (non-hydrogen) atoms. The lowest BCUT2D eigenvalue weighted by Crippen LogP contribution is -2.46. The molecule has 4 rings (SSSR count). The Labute approximate surface area is 195 Å². The second-order valence-corrected chi connectivity index (χ2v) is 17.0.